The van der Waals surface area contributed by atoms with Crippen molar-refractivity contribution in [2.75, 3.05) is 0 Å². The van der Waals surface area contributed by atoms with Crippen LogP contribution in [0.1, 0.15) is 36.1 Å². The third-order valence-electron chi connectivity index (χ3n) is 6.59. The van der Waals surface area contributed by atoms with Gasteiger partial charge in [-0.15, -0.1) is 0 Å². The molecule has 30 heavy (non-hydrogen) atoms. The largest absolute Gasteiger partial charge is 0.508 e. The first kappa shape index (κ1) is 19.8. The summed E-state index contributed by atoms with van der Waals surface area (Å²) in [7, 11) is 0. The molecule has 0 aromatic heterocycles. The Kier molecular flexibility index (Phi) is 5.09. The van der Waals surface area contributed by atoms with Gasteiger partial charge in [0.25, 0.3) is 0 Å². The first-order chi connectivity index (χ1) is 14.5. The maximum Gasteiger partial charge on any atom is 0.115 e. The smallest absolute Gasteiger partial charge is 0.115 e. The minimum Gasteiger partial charge on any atom is -0.508 e. The lowest BCUT2D eigenvalue weighted by Gasteiger charge is -2.49. The Morgan fingerprint density at radius 3 is 0.967 bits per heavy atom. The Morgan fingerprint density at radius 1 is 0.400 bits per heavy atom. The molecule has 150 valence electrons. The normalized spacial score (nSPS) is 15.1. The van der Waals surface area contributed by atoms with Crippen LogP contribution in [-0.2, 0) is 10.8 Å². The minimum atomic E-state index is -0.458. The molecule has 0 aliphatic heterocycles. The molecule has 4 aromatic rings. The average Bonchev–Trinajstić information content (AvgIpc) is 2.80. The van der Waals surface area contributed by atoms with Gasteiger partial charge < -0.3 is 10.2 Å². The summed E-state index contributed by atoms with van der Waals surface area (Å²) >= 11 is 0. The molecular formula is C28H26O2. The highest BCUT2D eigenvalue weighted by molar-refractivity contribution is 5.55. The molecular weight excluding hydrogens is 368 g/mol. The van der Waals surface area contributed by atoms with Crippen molar-refractivity contribution < 1.29 is 10.2 Å². The van der Waals surface area contributed by atoms with Crippen molar-refractivity contribution in [3.63, 3.8) is 0 Å². The molecule has 0 saturated carbocycles. The maximum atomic E-state index is 9.93. The molecule has 2 nitrogen and oxygen atoms in total. The topological polar surface area (TPSA) is 40.5 Å². The summed E-state index contributed by atoms with van der Waals surface area (Å²) in [4.78, 5) is 0. The van der Waals surface area contributed by atoms with Gasteiger partial charge in [0, 0.05) is 10.8 Å². The lowest BCUT2D eigenvalue weighted by Crippen LogP contribution is -2.47. The van der Waals surface area contributed by atoms with E-state index in [4.69, 9.17) is 0 Å². The lowest BCUT2D eigenvalue weighted by molar-refractivity contribution is 0.359. The average molecular weight is 395 g/mol. The molecule has 0 heterocycles. The van der Waals surface area contributed by atoms with Crippen molar-refractivity contribution in [1.82, 2.24) is 0 Å². The van der Waals surface area contributed by atoms with E-state index in [-0.39, 0.29) is 11.5 Å². The number of hydrogen-bond acceptors (Lipinski definition) is 2. The van der Waals surface area contributed by atoms with Crippen LogP contribution in [0.4, 0.5) is 0 Å². The molecule has 0 bridgehead atoms. The number of rotatable bonds is 5. The predicted octanol–water partition coefficient (Wildman–Crippen LogP) is 6.41. The second kappa shape index (κ2) is 7.72. The molecule has 2 heteroatoms. The Labute approximate surface area is 178 Å². The summed E-state index contributed by atoms with van der Waals surface area (Å²) in [6.45, 7) is 4.52. The van der Waals surface area contributed by atoms with Crippen molar-refractivity contribution >= 4 is 0 Å². The molecule has 4 rings (SSSR count). The van der Waals surface area contributed by atoms with Crippen LogP contribution in [-0.4, -0.2) is 10.2 Å². The van der Waals surface area contributed by atoms with E-state index >= 15 is 0 Å². The summed E-state index contributed by atoms with van der Waals surface area (Å²) < 4.78 is 0. The molecule has 0 amide bonds. The number of phenolic OH excluding ortho intramolecular Hbond substituents is 2. The molecule has 0 aliphatic carbocycles. The molecule has 0 saturated heterocycles. The Hall–Kier alpha value is -3.52. The molecule has 2 unspecified atom stereocenters. The van der Waals surface area contributed by atoms with Crippen molar-refractivity contribution in [1.29, 1.82) is 0 Å². The fourth-order valence-electron chi connectivity index (χ4n) is 4.62. The van der Waals surface area contributed by atoms with E-state index in [9.17, 15) is 10.2 Å². The monoisotopic (exact) mass is 394 g/mol. The zero-order chi connectivity index (χ0) is 21.2. The summed E-state index contributed by atoms with van der Waals surface area (Å²) in [5, 5.41) is 19.9. The van der Waals surface area contributed by atoms with Crippen LogP contribution in [0.15, 0.2) is 109 Å². The first-order valence-electron chi connectivity index (χ1n) is 10.2. The summed E-state index contributed by atoms with van der Waals surface area (Å²) in [6.07, 6.45) is 0. The highest BCUT2D eigenvalue weighted by Crippen LogP contribution is 2.52. The fraction of sp³-hybridized carbons (Fsp3) is 0.143. The molecule has 2 N–H and O–H groups in total. The quantitative estimate of drug-likeness (QED) is 0.411. The molecule has 0 spiro atoms. The Bertz CT molecular complexity index is 1010. The van der Waals surface area contributed by atoms with Crippen LogP contribution in [0.5, 0.6) is 11.5 Å². The van der Waals surface area contributed by atoms with Gasteiger partial charge in [-0.05, 0) is 46.5 Å². The van der Waals surface area contributed by atoms with Crippen LogP contribution < -0.4 is 0 Å². The summed E-state index contributed by atoms with van der Waals surface area (Å²) in [6, 6.07) is 36.0. The van der Waals surface area contributed by atoms with Gasteiger partial charge in [-0.25, -0.2) is 0 Å². The van der Waals surface area contributed by atoms with Crippen molar-refractivity contribution in [3.8, 4) is 11.5 Å². The van der Waals surface area contributed by atoms with Crippen molar-refractivity contribution in [2.24, 2.45) is 0 Å². The van der Waals surface area contributed by atoms with E-state index in [2.05, 4.69) is 62.4 Å². The van der Waals surface area contributed by atoms with Gasteiger partial charge in [0.05, 0.1) is 0 Å². The third kappa shape index (κ3) is 3.15. The SMILES string of the molecule is CC(c1ccccc1)(c1ccc(O)cc1)C(C)(c1ccccc1)c1ccc(O)cc1. The van der Waals surface area contributed by atoms with E-state index < -0.39 is 10.8 Å². The van der Waals surface area contributed by atoms with Crippen LogP contribution in [0.3, 0.4) is 0 Å². The van der Waals surface area contributed by atoms with Gasteiger partial charge >= 0.3 is 0 Å². The number of hydrogen-bond donors (Lipinski definition) is 2. The zero-order valence-electron chi connectivity index (χ0n) is 17.3. The van der Waals surface area contributed by atoms with E-state index in [1.165, 1.54) is 11.1 Å². The van der Waals surface area contributed by atoms with Crippen LogP contribution in [0, 0.1) is 0 Å². The number of benzene rings is 4. The van der Waals surface area contributed by atoms with Crippen LogP contribution >= 0.6 is 0 Å². The van der Waals surface area contributed by atoms with Gasteiger partial charge in [0.2, 0.25) is 0 Å². The summed E-state index contributed by atoms with van der Waals surface area (Å²) in [5.74, 6) is 0.500. The predicted molar refractivity (Wildman–Crippen MR) is 122 cm³/mol. The molecule has 2 atom stereocenters. The van der Waals surface area contributed by atoms with E-state index in [1.54, 1.807) is 24.3 Å². The standard InChI is InChI=1S/C28H26O2/c1-27(21-9-5-3-6-10-21,23-13-17-25(29)18-14-23)28(2,22-11-7-4-8-12-22)24-15-19-26(30)20-16-24/h3-20,29-30H,1-2H3. The first-order valence-corrected chi connectivity index (χ1v) is 10.2. The van der Waals surface area contributed by atoms with E-state index in [1.807, 2.05) is 36.4 Å². The van der Waals surface area contributed by atoms with Gasteiger partial charge in [0.1, 0.15) is 11.5 Å². The van der Waals surface area contributed by atoms with Crippen molar-refractivity contribution in [2.45, 2.75) is 24.7 Å². The second-order valence-electron chi connectivity index (χ2n) is 8.08. The maximum absolute atomic E-state index is 9.93. The minimum absolute atomic E-state index is 0.250. The van der Waals surface area contributed by atoms with Gasteiger partial charge in [0.15, 0.2) is 0 Å². The van der Waals surface area contributed by atoms with Crippen molar-refractivity contribution in [3.05, 3.63) is 131 Å². The summed E-state index contributed by atoms with van der Waals surface area (Å²) in [5.41, 5.74) is 3.64. The van der Waals surface area contributed by atoms with Gasteiger partial charge in [-0.2, -0.15) is 0 Å². The molecule has 4 aromatic carbocycles. The van der Waals surface area contributed by atoms with Gasteiger partial charge in [-0.3, -0.25) is 0 Å². The second-order valence-corrected chi connectivity index (χ2v) is 8.08. The zero-order valence-corrected chi connectivity index (χ0v) is 17.3. The number of phenols is 2. The van der Waals surface area contributed by atoms with Crippen LogP contribution in [0.2, 0.25) is 0 Å². The highest BCUT2D eigenvalue weighted by atomic mass is 16.3. The Balaban J connectivity index is 2.08. The number of aromatic hydroxyl groups is 2. The van der Waals surface area contributed by atoms with Crippen LogP contribution in [0.25, 0.3) is 0 Å². The van der Waals surface area contributed by atoms with E-state index in [0.717, 1.165) is 11.1 Å². The lowest BCUT2D eigenvalue weighted by atomic mass is 9.53. The highest BCUT2D eigenvalue weighted by Gasteiger charge is 2.49. The molecule has 0 radical (unpaired) electrons. The molecule has 0 aliphatic rings. The van der Waals surface area contributed by atoms with E-state index in [0.29, 0.717) is 0 Å². The molecule has 0 fully saturated rings. The van der Waals surface area contributed by atoms with Gasteiger partial charge in [-0.1, -0.05) is 98.8 Å². The fourth-order valence-corrected chi connectivity index (χ4v) is 4.62. The third-order valence-corrected chi connectivity index (χ3v) is 6.59. The Morgan fingerprint density at radius 2 is 0.667 bits per heavy atom.